The van der Waals surface area contributed by atoms with E-state index >= 15 is 0 Å². The molecule has 0 aliphatic carbocycles. The number of nitrogens with two attached hydrogens (primary N) is 1. The van der Waals surface area contributed by atoms with Crippen molar-refractivity contribution < 1.29 is 4.79 Å². The smallest absolute Gasteiger partial charge is 0.254 e. The molecule has 3 nitrogen and oxygen atoms in total. The third-order valence-electron chi connectivity index (χ3n) is 2.79. The minimum atomic E-state index is 0.101. The lowest BCUT2D eigenvalue weighted by molar-refractivity contribution is 0.0661. The third kappa shape index (κ3) is 2.64. The fourth-order valence-electron chi connectivity index (χ4n) is 2.17. The highest BCUT2D eigenvalue weighted by atomic mass is 79.9. The van der Waals surface area contributed by atoms with Crippen LogP contribution in [0.1, 0.15) is 23.7 Å². The summed E-state index contributed by atoms with van der Waals surface area (Å²) in [6.07, 6.45) is 1.01. The average molecular weight is 303 g/mol. The van der Waals surface area contributed by atoms with Crippen LogP contribution in [0.2, 0.25) is 0 Å². The molecule has 88 valence electrons. The summed E-state index contributed by atoms with van der Waals surface area (Å²) in [6.45, 7) is 3.64. The molecule has 2 N–H and O–H groups in total. The molecule has 2 atom stereocenters. The Morgan fingerprint density at radius 3 is 2.94 bits per heavy atom. The minimum Gasteiger partial charge on any atom is -0.337 e. The van der Waals surface area contributed by atoms with Crippen molar-refractivity contribution >= 4 is 33.2 Å². The van der Waals surface area contributed by atoms with Crippen LogP contribution in [0.5, 0.6) is 0 Å². The lowest BCUT2D eigenvalue weighted by atomic mass is 9.96. The predicted molar refractivity (Wildman–Crippen MR) is 69.7 cm³/mol. The van der Waals surface area contributed by atoms with Gasteiger partial charge in [-0.2, -0.15) is 0 Å². The number of amides is 1. The molecule has 1 amide bonds. The topological polar surface area (TPSA) is 46.3 Å². The fraction of sp³-hybridized carbons (Fsp3) is 0.545. The number of halogens is 1. The molecule has 16 heavy (non-hydrogen) atoms. The molecule has 1 aromatic rings. The highest BCUT2D eigenvalue weighted by Gasteiger charge is 2.26. The third-order valence-corrected chi connectivity index (χ3v) is 4.30. The molecule has 2 heterocycles. The number of nitrogens with zero attached hydrogens (tertiary/aromatic N) is 1. The van der Waals surface area contributed by atoms with E-state index in [0.717, 1.165) is 22.3 Å². The van der Waals surface area contributed by atoms with Gasteiger partial charge in [0.1, 0.15) is 0 Å². The maximum Gasteiger partial charge on any atom is 0.254 e. The van der Waals surface area contributed by atoms with Gasteiger partial charge < -0.3 is 10.6 Å². The minimum absolute atomic E-state index is 0.101. The standard InChI is InChI=1S/C11H15BrN2OS/c1-7-2-9(13)5-14(4-7)11(15)8-3-10(12)16-6-8/h3,6-7,9H,2,4-5,13H2,1H3. The zero-order valence-electron chi connectivity index (χ0n) is 9.15. The van der Waals surface area contributed by atoms with E-state index < -0.39 is 0 Å². The van der Waals surface area contributed by atoms with Crippen molar-refractivity contribution in [1.29, 1.82) is 0 Å². The molecule has 1 saturated heterocycles. The maximum absolute atomic E-state index is 12.2. The number of piperidine rings is 1. The Bertz CT molecular complexity index is 383. The van der Waals surface area contributed by atoms with Crippen LogP contribution in [0.3, 0.4) is 0 Å². The van der Waals surface area contributed by atoms with Gasteiger partial charge in [0.15, 0.2) is 0 Å². The molecule has 0 aromatic carbocycles. The highest BCUT2D eigenvalue weighted by molar-refractivity contribution is 9.11. The van der Waals surface area contributed by atoms with E-state index in [2.05, 4.69) is 22.9 Å². The van der Waals surface area contributed by atoms with E-state index in [-0.39, 0.29) is 11.9 Å². The van der Waals surface area contributed by atoms with Gasteiger partial charge in [-0.25, -0.2) is 0 Å². The van der Waals surface area contributed by atoms with Gasteiger partial charge in [0.05, 0.1) is 9.35 Å². The molecule has 2 rings (SSSR count). The van der Waals surface area contributed by atoms with Gasteiger partial charge in [0.2, 0.25) is 0 Å². The fourth-order valence-corrected chi connectivity index (χ4v) is 3.30. The van der Waals surface area contributed by atoms with Crippen molar-refractivity contribution in [2.24, 2.45) is 11.7 Å². The first-order valence-electron chi connectivity index (χ1n) is 5.35. The summed E-state index contributed by atoms with van der Waals surface area (Å²) >= 11 is 4.91. The first-order valence-corrected chi connectivity index (χ1v) is 7.02. The Balaban J connectivity index is 2.09. The number of thiophene rings is 1. The van der Waals surface area contributed by atoms with E-state index in [1.807, 2.05) is 16.3 Å². The van der Waals surface area contributed by atoms with Crippen molar-refractivity contribution in [1.82, 2.24) is 4.90 Å². The zero-order chi connectivity index (χ0) is 11.7. The average Bonchev–Trinajstić information content (AvgIpc) is 2.62. The first-order chi connectivity index (χ1) is 7.56. The normalized spacial score (nSPS) is 25.8. The molecule has 0 spiro atoms. The molecule has 1 aliphatic heterocycles. The van der Waals surface area contributed by atoms with Crippen molar-refractivity contribution in [3.63, 3.8) is 0 Å². The molecule has 1 aliphatic rings. The number of rotatable bonds is 1. The second-order valence-corrected chi connectivity index (χ2v) is 6.74. The summed E-state index contributed by atoms with van der Waals surface area (Å²) in [5, 5.41) is 1.89. The second-order valence-electron chi connectivity index (χ2n) is 4.45. The quantitative estimate of drug-likeness (QED) is 0.865. The van der Waals surface area contributed by atoms with Crippen LogP contribution in [0.25, 0.3) is 0 Å². The predicted octanol–water partition coefficient (Wildman–Crippen LogP) is 2.32. The zero-order valence-corrected chi connectivity index (χ0v) is 11.6. The number of likely N-dealkylation sites (tertiary alicyclic amines) is 1. The number of carbonyl (C=O) groups excluding carboxylic acids is 1. The van der Waals surface area contributed by atoms with Crippen LogP contribution in [-0.4, -0.2) is 29.9 Å². The van der Waals surface area contributed by atoms with Crippen LogP contribution in [0.15, 0.2) is 15.2 Å². The number of hydrogen-bond acceptors (Lipinski definition) is 3. The van der Waals surface area contributed by atoms with Crippen LogP contribution in [-0.2, 0) is 0 Å². The summed E-state index contributed by atoms with van der Waals surface area (Å²) in [5.41, 5.74) is 6.70. The second kappa shape index (κ2) is 4.85. The van der Waals surface area contributed by atoms with Crippen LogP contribution in [0.4, 0.5) is 0 Å². The summed E-state index contributed by atoms with van der Waals surface area (Å²) in [5.74, 6) is 0.596. The van der Waals surface area contributed by atoms with Gasteiger partial charge in [0, 0.05) is 24.5 Å². The molecule has 5 heteroatoms. The lowest BCUT2D eigenvalue weighted by Gasteiger charge is -2.34. The molecule has 2 unspecified atom stereocenters. The molecule has 0 bridgehead atoms. The van der Waals surface area contributed by atoms with Gasteiger partial charge in [-0.15, -0.1) is 11.3 Å². The lowest BCUT2D eigenvalue weighted by Crippen LogP contribution is -2.48. The van der Waals surface area contributed by atoms with Gasteiger partial charge in [-0.1, -0.05) is 6.92 Å². The number of carbonyl (C=O) groups is 1. The highest BCUT2D eigenvalue weighted by Crippen LogP contribution is 2.23. The molecule has 1 fully saturated rings. The van der Waals surface area contributed by atoms with Crippen LogP contribution >= 0.6 is 27.3 Å². The van der Waals surface area contributed by atoms with Crippen LogP contribution < -0.4 is 5.73 Å². The van der Waals surface area contributed by atoms with Gasteiger partial charge >= 0.3 is 0 Å². The monoisotopic (exact) mass is 302 g/mol. The Labute approximate surface area is 108 Å². The summed E-state index contributed by atoms with van der Waals surface area (Å²) in [4.78, 5) is 14.0. The van der Waals surface area contributed by atoms with E-state index in [9.17, 15) is 4.79 Å². The largest absolute Gasteiger partial charge is 0.337 e. The van der Waals surface area contributed by atoms with Gasteiger partial charge in [-0.05, 0) is 34.3 Å². The molecule has 0 saturated carbocycles. The van der Waals surface area contributed by atoms with E-state index in [4.69, 9.17) is 5.73 Å². The Kier molecular flexibility index (Phi) is 3.66. The van der Waals surface area contributed by atoms with Crippen LogP contribution in [0, 0.1) is 5.92 Å². The summed E-state index contributed by atoms with van der Waals surface area (Å²) in [7, 11) is 0. The summed E-state index contributed by atoms with van der Waals surface area (Å²) in [6, 6.07) is 1.99. The SMILES string of the molecule is CC1CC(N)CN(C(=O)c2csc(Br)c2)C1. The van der Waals surface area contributed by atoms with Crippen molar-refractivity contribution in [2.45, 2.75) is 19.4 Å². The van der Waals surface area contributed by atoms with Crippen molar-refractivity contribution in [3.8, 4) is 0 Å². The molecular weight excluding hydrogens is 288 g/mol. The molecular formula is C11H15BrN2OS. The van der Waals surface area contributed by atoms with Crippen molar-refractivity contribution in [3.05, 3.63) is 20.8 Å². The first kappa shape index (κ1) is 12.1. The van der Waals surface area contributed by atoms with Gasteiger partial charge in [-0.3, -0.25) is 4.79 Å². The van der Waals surface area contributed by atoms with E-state index in [1.54, 1.807) is 0 Å². The van der Waals surface area contributed by atoms with E-state index in [0.29, 0.717) is 12.5 Å². The molecule has 1 aromatic heterocycles. The Hall–Kier alpha value is -0.390. The van der Waals surface area contributed by atoms with Gasteiger partial charge in [0.25, 0.3) is 5.91 Å². The maximum atomic E-state index is 12.2. The Morgan fingerprint density at radius 2 is 2.38 bits per heavy atom. The van der Waals surface area contributed by atoms with Crippen molar-refractivity contribution in [2.75, 3.05) is 13.1 Å². The van der Waals surface area contributed by atoms with E-state index in [1.165, 1.54) is 11.3 Å². The Morgan fingerprint density at radius 1 is 1.62 bits per heavy atom. The molecule has 0 radical (unpaired) electrons. The number of hydrogen-bond donors (Lipinski definition) is 1. The summed E-state index contributed by atoms with van der Waals surface area (Å²) < 4.78 is 0.991.